The average Bonchev–Trinajstić information content (AvgIpc) is 3.37. The summed E-state index contributed by atoms with van der Waals surface area (Å²) in [7, 11) is 0. The molecule has 0 saturated carbocycles. The van der Waals surface area contributed by atoms with E-state index in [-0.39, 0.29) is 0 Å². The van der Waals surface area contributed by atoms with Gasteiger partial charge in [0.05, 0.1) is 0 Å². The van der Waals surface area contributed by atoms with Gasteiger partial charge in [0.25, 0.3) is 0 Å². The first kappa shape index (κ1) is 22.1. The lowest BCUT2D eigenvalue weighted by atomic mass is 9.98. The fourth-order valence-electron chi connectivity index (χ4n) is 5.17. The SMILES string of the molecule is c1ccc(-c2cccc(Nc3cccc(-c4ccc(-c5cccc6c5oc5ccccc56)cc4)c3)c2)cc1. The molecule has 1 aromatic heterocycles. The second kappa shape index (κ2) is 9.42. The van der Waals surface area contributed by atoms with Gasteiger partial charge in [-0.1, -0.05) is 115 Å². The maximum atomic E-state index is 6.25. The number of benzene rings is 6. The van der Waals surface area contributed by atoms with Crippen LogP contribution >= 0.6 is 0 Å². The van der Waals surface area contributed by atoms with Crippen molar-refractivity contribution in [1.82, 2.24) is 0 Å². The van der Waals surface area contributed by atoms with Gasteiger partial charge in [-0.15, -0.1) is 0 Å². The van der Waals surface area contributed by atoms with Crippen LogP contribution in [0.2, 0.25) is 0 Å². The minimum atomic E-state index is 0.921. The molecule has 2 heteroatoms. The van der Waals surface area contributed by atoms with Crippen LogP contribution in [0.15, 0.2) is 150 Å². The first-order valence-corrected chi connectivity index (χ1v) is 12.9. The summed E-state index contributed by atoms with van der Waals surface area (Å²) in [5.41, 5.74) is 11.0. The minimum Gasteiger partial charge on any atom is -0.455 e. The second-order valence-corrected chi connectivity index (χ2v) is 9.51. The Labute approximate surface area is 221 Å². The van der Waals surface area contributed by atoms with Gasteiger partial charge in [-0.2, -0.15) is 0 Å². The molecular weight excluding hydrogens is 462 g/mol. The van der Waals surface area contributed by atoms with E-state index >= 15 is 0 Å². The molecule has 2 nitrogen and oxygen atoms in total. The Kier molecular flexibility index (Phi) is 5.49. The van der Waals surface area contributed by atoms with Crippen LogP contribution in [0.4, 0.5) is 11.4 Å². The van der Waals surface area contributed by atoms with Gasteiger partial charge in [0, 0.05) is 27.7 Å². The first-order chi connectivity index (χ1) is 18.8. The summed E-state index contributed by atoms with van der Waals surface area (Å²) in [5.74, 6) is 0. The molecule has 7 aromatic rings. The van der Waals surface area contributed by atoms with Gasteiger partial charge in [0.15, 0.2) is 0 Å². The smallest absolute Gasteiger partial charge is 0.143 e. The van der Waals surface area contributed by atoms with Crippen molar-refractivity contribution in [3.8, 4) is 33.4 Å². The average molecular weight is 488 g/mol. The third-order valence-corrected chi connectivity index (χ3v) is 7.05. The predicted octanol–water partition coefficient (Wildman–Crippen LogP) is 10.3. The molecule has 0 aliphatic heterocycles. The molecule has 0 fully saturated rings. The molecule has 0 aliphatic carbocycles. The lowest BCUT2D eigenvalue weighted by Crippen LogP contribution is -1.91. The lowest BCUT2D eigenvalue weighted by Gasteiger charge is -2.11. The van der Waals surface area contributed by atoms with E-state index in [0.717, 1.165) is 44.4 Å². The maximum Gasteiger partial charge on any atom is 0.143 e. The number of furan rings is 1. The third kappa shape index (κ3) is 4.12. The highest BCUT2D eigenvalue weighted by Gasteiger charge is 2.12. The topological polar surface area (TPSA) is 25.2 Å². The molecule has 0 unspecified atom stereocenters. The first-order valence-electron chi connectivity index (χ1n) is 12.9. The monoisotopic (exact) mass is 487 g/mol. The van der Waals surface area contributed by atoms with E-state index in [4.69, 9.17) is 4.42 Å². The largest absolute Gasteiger partial charge is 0.455 e. The molecule has 0 atom stereocenters. The zero-order chi connectivity index (χ0) is 25.3. The molecule has 38 heavy (non-hydrogen) atoms. The van der Waals surface area contributed by atoms with Crippen LogP contribution in [0.25, 0.3) is 55.3 Å². The quantitative estimate of drug-likeness (QED) is 0.261. The molecule has 0 radical (unpaired) electrons. The lowest BCUT2D eigenvalue weighted by molar-refractivity contribution is 0.670. The Bertz CT molecular complexity index is 1880. The molecule has 0 amide bonds. The zero-order valence-corrected chi connectivity index (χ0v) is 20.8. The van der Waals surface area contributed by atoms with Crippen molar-refractivity contribution in [1.29, 1.82) is 0 Å². The van der Waals surface area contributed by atoms with E-state index in [1.807, 2.05) is 18.2 Å². The van der Waals surface area contributed by atoms with E-state index < -0.39 is 0 Å². The molecule has 1 N–H and O–H groups in total. The van der Waals surface area contributed by atoms with Crippen molar-refractivity contribution >= 4 is 33.3 Å². The number of hydrogen-bond acceptors (Lipinski definition) is 2. The van der Waals surface area contributed by atoms with Crippen LogP contribution in [0.5, 0.6) is 0 Å². The molecule has 0 spiro atoms. The predicted molar refractivity (Wildman–Crippen MR) is 160 cm³/mol. The maximum absolute atomic E-state index is 6.25. The molecule has 1 heterocycles. The van der Waals surface area contributed by atoms with Gasteiger partial charge < -0.3 is 9.73 Å². The van der Waals surface area contributed by atoms with Crippen LogP contribution in [-0.2, 0) is 0 Å². The normalized spacial score (nSPS) is 11.2. The number of hydrogen-bond donors (Lipinski definition) is 1. The molecule has 0 saturated heterocycles. The van der Waals surface area contributed by atoms with Crippen molar-refractivity contribution in [2.24, 2.45) is 0 Å². The van der Waals surface area contributed by atoms with Crippen LogP contribution in [-0.4, -0.2) is 0 Å². The Balaban J connectivity index is 1.17. The molecule has 180 valence electrons. The number of rotatable bonds is 5. The molecular formula is C36H25NO. The summed E-state index contributed by atoms with van der Waals surface area (Å²) in [4.78, 5) is 0. The van der Waals surface area contributed by atoms with Gasteiger partial charge in [-0.25, -0.2) is 0 Å². The highest BCUT2D eigenvalue weighted by molar-refractivity contribution is 6.09. The minimum absolute atomic E-state index is 0.921. The van der Waals surface area contributed by atoms with E-state index in [1.165, 1.54) is 22.3 Å². The highest BCUT2D eigenvalue weighted by Crippen LogP contribution is 2.36. The molecule has 0 bridgehead atoms. The van der Waals surface area contributed by atoms with Crippen molar-refractivity contribution in [3.63, 3.8) is 0 Å². The summed E-state index contributed by atoms with van der Waals surface area (Å²) in [5, 5.41) is 5.88. The van der Waals surface area contributed by atoms with Gasteiger partial charge in [-0.05, 0) is 58.1 Å². The van der Waals surface area contributed by atoms with Crippen LogP contribution in [0.1, 0.15) is 0 Å². The molecule has 0 aliphatic rings. The zero-order valence-electron chi connectivity index (χ0n) is 20.8. The molecule has 7 rings (SSSR count). The van der Waals surface area contributed by atoms with Gasteiger partial charge in [0.1, 0.15) is 11.2 Å². The third-order valence-electron chi connectivity index (χ3n) is 7.05. The number of anilines is 2. The van der Waals surface area contributed by atoms with Crippen LogP contribution < -0.4 is 5.32 Å². The van der Waals surface area contributed by atoms with Crippen molar-refractivity contribution < 1.29 is 4.42 Å². The molecule has 6 aromatic carbocycles. The fraction of sp³-hybridized carbons (Fsp3) is 0. The van der Waals surface area contributed by atoms with Gasteiger partial charge >= 0.3 is 0 Å². The van der Waals surface area contributed by atoms with Crippen LogP contribution in [0, 0.1) is 0 Å². The van der Waals surface area contributed by atoms with Gasteiger partial charge in [-0.3, -0.25) is 0 Å². The highest BCUT2D eigenvalue weighted by atomic mass is 16.3. The van der Waals surface area contributed by atoms with Crippen molar-refractivity contribution in [2.45, 2.75) is 0 Å². The van der Waals surface area contributed by atoms with E-state index in [0.29, 0.717) is 0 Å². The fourth-order valence-corrected chi connectivity index (χ4v) is 5.17. The van der Waals surface area contributed by atoms with Crippen molar-refractivity contribution in [3.05, 3.63) is 146 Å². The standard InChI is InChI=1S/C36H25NO/c1-2-9-25(10-3-1)28-11-6-13-30(23-28)37-31-14-7-12-29(24-31)26-19-21-27(22-20-26)32-16-8-17-34-33-15-4-5-18-35(33)38-36(32)34/h1-24,37H. The Morgan fingerprint density at radius 1 is 0.395 bits per heavy atom. The second-order valence-electron chi connectivity index (χ2n) is 9.51. The van der Waals surface area contributed by atoms with Gasteiger partial charge in [0.2, 0.25) is 0 Å². The van der Waals surface area contributed by atoms with Crippen molar-refractivity contribution in [2.75, 3.05) is 5.32 Å². The Morgan fingerprint density at radius 2 is 0.947 bits per heavy atom. The van der Waals surface area contributed by atoms with E-state index in [9.17, 15) is 0 Å². The summed E-state index contributed by atoms with van der Waals surface area (Å²) in [6, 6.07) is 50.9. The number of para-hydroxylation sites is 2. The summed E-state index contributed by atoms with van der Waals surface area (Å²) >= 11 is 0. The number of nitrogens with one attached hydrogen (secondary N) is 1. The number of fused-ring (bicyclic) bond motifs is 3. The summed E-state index contributed by atoms with van der Waals surface area (Å²) in [6.45, 7) is 0. The Morgan fingerprint density at radius 3 is 1.68 bits per heavy atom. The Hall–Kier alpha value is -5.08. The van der Waals surface area contributed by atoms with E-state index in [1.54, 1.807) is 0 Å². The summed E-state index contributed by atoms with van der Waals surface area (Å²) in [6.07, 6.45) is 0. The van der Waals surface area contributed by atoms with E-state index in [2.05, 4.69) is 133 Å². The summed E-state index contributed by atoms with van der Waals surface area (Å²) < 4.78 is 6.25. The van der Waals surface area contributed by atoms with Crippen LogP contribution in [0.3, 0.4) is 0 Å².